The molecule has 0 saturated heterocycles. The number of hydrogen-bond donors (Lipinski definition) is 2. The van der Waals surface area contributed by atoms with Crippen molar-refractivity contribution >= 4 is 17.6 Å². The zero-order valence-corrected chi connectivity index (χ0v) is 28.2. The predicted molar refractivity (Wildman–Crippen MR) is 180 cm³/mol. The van der Waals surface area contributed by atoms with Gasteiger partial charge in [-0.3, -0.25) is 15.2 Å². The number of rotatable bonds is 17. The molecule has 0 aliphatic carbocycles. The summed E-state index contributed by atoms with van der Waals surface area (Å²) >= 11 is 0. The zero-order valence-electron chi connectivity index (χ0n) is 28.2. The number of unbranched alkanes of at least 4 members (excludes halogenated alkanes) is 3. The SMILES string of the molecule is CC1=C(C(=O)OCCCCCCOc2cc(-c3ccccc3C)[nH]n2)C(c2cccc([N+](=O)[O-])c2)C(C(=O)OCCOC(C)C)=C(C)N1. The summed E-state index contributed by atoms with van der Waals surface area (Å²) < 4.78 is 22.5. The number of esters is 2. The minimum Gasteiger partial charge on any atom is -0.477 e. The van der Waals surface area contributed by atoms with Gasteiger partial charge in [-0.15, -0.1) is 5.10 Å². The molecule has 0 radical (unpaired) electrons. The number of carbonyl (C=O) groups is 2. The van der Waals surface area contributed by atoms with Gasteiger partial charge in [-0.25, -0.2) is 9.59 Å². The molecule has 1 aliphatic heterocycles. The van der Waals surface area contributed by atoms with Gasteiger partial charge >= 0.3 is 11.9 Å². The molecule has 0 bridgehead atoms. The van der Waals surface area contributed by atoms with E-state index in [1.807, 2.05) is 51.1 Å². The molecular weight excluding hydrogens is 616 g/mol. The molecule has 0 amide bonds. The van der Waals surface area contributed by atoms with Gasteiger partial charge in [-0.1, -0.05) is 36.4 Å². The van der Waals surface area contributed by atoms with Crippen molar-refractivity contribution in [2.24, 2.45) is 0 Å². The maximum atomic E-state index is 13.6. The minimum absolute atomic E-state index is 0.0130. The number of nitro benzene ring substituents is 1. The molecule has 0 saturated carbocycles. The summed E-state index contributed by atoms with van der Waals surface area (Å²) in [4.78, 5) is 38.0. The number of benzene rings is 2. The first kappa shape index (κ1) is 35.9. The number of aromatic nitrogens is 2. The van der Waals surface area contributed by atoms with Gasteiger partial charge in [-0.2, -0.15) is 0 Å². The molecule has 48 heavy (non-hydrogen) atoms. The Kier molecular flexibility index (Phi) is 12.9. The van der Waals surface area contributed by atoms with Crippen LogP contribution in [0.5, 0.6) is 5.88 Å². The van der Waals surface area contributed by atoms with Crippen LogP contribution in [0.2, 0.25) is 0 Å². The molecule has 0 spiro atoms. The van der Waals surface area contributed by atoms with Gasteiger partial charge < -0.3 is 24.3 Å². The lowest BCUT2D eigenvalue weighted by Gasteiger charge is -2.30. The van der Waals surface area contributed by atoms with Gasteiger partial charge in [0.05, 0.1) is 53.6 Å². The monoisotopic (exact) mass is 660 g/mol. The van der Waals surface area contributed by atoms with E-state index in [0.29, 0.717) is 35.9 Å². The highest BCUT2D eigenvalue weighted by atomic mass is 16.6. The van der Waals surface area contributed by atoms with Crippen molar-refractivity contribution in [1.82, 2.24) is 15.5 Å². The molecule has 2 aromatic carbocycles. The van der Waals surface area contributed by atoms with Crippen molar-refractivity contribution in [2.75, 3.05) is 26.4 Å². The number of hydrogen-bond acceptors (Lipinski definition) is 10. The third kappa shape index (κ3) is 9.54. The molecule has 12 nitrogen and oxygen atoms in total. The second-order valence-corrected chi connectivity index (χ2v) is 11.9. The Bertz CT molecular complexity index is 1660. The Labute approximate surface area is 280 Å². The number of non-ortho nitro benzene ring substituents is 1. The summed E-state index contributed by atoms with van der Waals surface area (Å²) in [5, 5.41) is 22.0. The summed E-state index contributed by atoms with van der Waals surface area (Å²) in [6, 6.07) is 15.9. The van der Waals surface area contributed by atoms with Crippen molar-refractivity contribution in [3.05, 3.63) is 98.4 Å². The van der Waals surface area contributed by atoms with E-state index < -0.39 is 22.8 Å². The fourth-order valence-corrected chi connectivity index (χ4v) is 5.55. The van der Waals surface area contributed by atoms with Gasteiger partial charge in [0.25, 0.3) is 5.69 Å². The predicted octanol–water partition coefficient (Wildman–Crippen LogP) is 6.68. The Morgan fingerprint density at radius 3 is 2.19 bits per heavy atom. The molecule has 4 rings (SSSR count). The second kappa shape index (κ2) is 17.3. The van der Waals surface area contributed by atoms with Gasteiger partial charge in [0, 0.05) is 35.2 Å². The van der Waals surface area contributed by atoms with Crippen LogP contribution in [0.4, 0.5) is 5.69 Å². The molecular formula is C36H44N4O8. The maximum Gasteiger partial charge on any atom is 0.336 e. The average Bonchev–Trinajstić information content (AvgIpc) is 3.52. The quantitative estimate of drug-likeness (QED) is 0.0693. The third-order valence-corrected chi connectivity index (χ3v) is 7.89. The van der Waals surface area contributed by atoms with Gasteiger partial charge in [-0.05, 0) is 71.4 Å². The molecule has 1 unspecified atom stereocenters. The van der Waals surface area contributed by atoms with E-state index in [1.54, 1.807) is 19.9 Å². The van der Waals surface area contributed by atoms with Crippen LogP contribution in [0.3, 0.4) is 0 Å². The number of ether oxygens (including phenoxy) is 4. The number of nitrogens with one attached hydrogen (secondary N) is 2. The summed E-state index contributed by atoms with van der Waals surface area (Å²) in [5.74, 6) is -1.64. The van der Waals surface area contributed by atoms with E-state index in [9.17, 15) is 19.7 Å². The van der Waals surface area contributed by atoms with Crippen LogP contribution in [-0.4, -0.2) is 59.6 Å². The molecule has 1 aromatic heterocycles. The Morgan fingerprint density at radius 1 is 0.854 bits per heavy atom. The van der Waals surface area contributed by atoms with Gasteiger partial charge in [0.1, 0.15) is 6.61 Å². The number of carbonyl (C=O) groups excluding carboxylic acids is 2. The first-order valence-electron chi connectivity index (χ1n) is 16.2. The minimum atomic E-state index is -0.928. The Balaban J connectivity index is 1.32. The Morgan fingerprint density at radius 2 is 1.52 bits per heavy atom. The smallest absolute Gasteiger partial charge is 0.336 e. The molecule has 0 fully saturated rings. The van der Waals surface area contributed by atoms with E-state index in [-0.39, 0.29) is 42.8 Å². The molecule has 2 heterocycles. The topological polar surface area (TPSA) is 155 Å². The number of nitro groups is 1. The zero-order chi connectivity index (χ0) is 34.6. The van der Waals surface area contributed by atoms with Crippen LogP contribution < -0.4 is 10.1 Å². The number of aryl methyl sites for hydroxylation is 1. The summed E-state index contributed by atoms with van der Waals surface area (Å²) in [6.45, 7) is 10.1. The number of aromatic amines is 1. The van der Waals surface area contributed by atoms with Crippen LogP contribution >= 0.6 is 0 Å². The van der Waals surface area contributed by atoms with Gasteiger partial charge in [0.2, 0.25) is 5.88 Å². The van der Waals surface area contributed by atoms with E-state index in [4.69, 9.17) is 18.9 Å². The molecule has 256 valence electrons. The van der Waals surface area contributed by atoms with Crippen LogP contribution in [0.25, 0.3) is 11.3 Å². The van der Waals surface area contributed by atoms with E-state index in [1.165, 1.54) is 18.2 Å². The lowest BCUT2D eigenvalue weighted by molar-refractivity contribution is -0.384. The van der Waals surface area contributed by atoms with Crippen molar-refractivity contribution in [2.45, 2.75) is 72.3 Å². The second-order valence-electron chi connectivity index (χ2n) is 11.9. The van der Waals surface area contributed by atoms with Crippen molar-refractivity contribution in [3.8, 4) is 17.1 Å². The first-order valence-corrected chi connectivity index (χ1v) is 16.2. The third-order valence-electron chi connectivity index (χ3n) is 7.89. The number of allylic oxidation sites excluding steroid dienone is 2. The van der Waals surface area contributed by atoms with Crippen LogP contribution in [0.15, 0.2) is 77.1 Å². The lowest BCUT2D eigenvalue weighted by atomic mass is 9.80. The fourth-order valence-electron chi connectivity index (χ4n) is 5.55. The van der Waals surface area contributed by atoms with Crippen molar-refractivity contribution in [1.29, 1.82) is 0 Å². The van der Waals surface area contributed by atoms with E-state index in [0.717, 1.165) is 36.1 Å². The number of dihydropyridines is 1. The lowest BCUT2D eigenvalue weighted by Crippen LogP contribution is -2.33. The first-order chi connectivity index (χ1) is 23.1. The van der Waals surface area contributed by atoms with E-state index in [2.05, 4.69) is 15.5 Å². The highest BCUT2D eigenvalue weighted by Gasteiger charge is 2.38. The highest BCUT2D eigenvalue weighted by molar-refractivity contribution is 6.00. The largest absolute Gasteiger partial charge is 0.477 e. The van der Waals surface area contributed by atoms with Crippen molar-refractivity contribution < 1.29 is 33.5 Å². The summed E-state index contributed by atoms with van der Waals surface area (Å²) in [7, 11) is 0. The van der Waals surface area contributed by atoms with Crippen LogP contribution in [-0.2, 0) is 23.8 Å². The van der Waals surface area contributed by atoms with Crippen LogP contribution in [0, 0.1) is 17.0 Å². The molecule has 1 atom stereocenters. The van der Waals surface area contributed by atoms with Crippen LogP contribution in [0.1, 0.15) is 70.4 Å². The molecule has 2 N–H and O–H groups in total. The molecule has 3 aromatic rings. The highest BCUT2D eigenvalue weighted by Crippen LogP contribution is 2.40. The Hall–Kier alpha value is -4.97. The molecule has 1 aliphatic rings. The maximum absolute atomic E-state index is 13.6. The summed E-state index contributed by atoms with van der Waals surface area (Å²) in [6.07, 6.45) is 3.09. The van der Waals surface area contributed by atoms with Gasteiger partial charge in [0.15, 0.2) is 0 Å². The fraction of sp³-hybridized carbons (Fsp3) is 0.417. The summed E-state index contributed by atoms with van der Waals surface area (Å²) in [5.41, 5.74) is 4.74. The number of H-pyrrole nitrogens is 1. The number of nitrogens with zero attached hydrogens (tertiary/aromatic N) is 2. The van der Waals surface area contributed by atoms with E-state index >= 15 is 0 Å². The normalized spacial score (nSPS) is 14.6. The average molecular weight is 661 g/mol. The van der Waals surface area contributed by atoms with Crippen molar-refractivity contribution in [3.63, 3.8) is 0 Å². The molecule has 12 heteroatoms. The standard InChI is InChI=1S/C36H44N4O8/c1-23(2)45-19-20-48-36(42)33-26(5)37-25(4)32(34(33)27-14-12-15-28(21-27)40(43)44)35(41)47-18-11-7-6-10-17-46-31-22-30(38-39-31)29-16-9-8-13-24(29)3/h8-9,12-16,21-23,34,37H,6-7,10-11,17-20H2,1-5H3,(H,38,39).